The summed E-state index contributed by atoms with van der Waals surface area (Å²) in [5, 5.41) is 3.07. The van der Waals surface area contributed by atoms with Crippen molar-refractivity contribution in [3.05, 3.63) is 0 Å². The Balaban J connectivity index is 2.27. The Morgan fingerprint density at radius 2 is 1.76 bits per heavy atom. The molecule has 1 rings (SSSR count). The largest absolute Gasteiger partial charge is 0.350 e. The van der Waals surface area contributed by atoms with E-state index in [-0.39, 0.29) is 17.5 Å². The molecule has 0 radical (unpaired) electrons. The van der Waals surface area contributed by atoms with E-state index in [1.54, 1.807) is 0 Å². The van der Waals surface area contributed by atoms with Crippen molar-refractivity contribution in [1.29, 1.82) is 0 Å². The minimum Gasteiger partial charge on any atom is -0.350 e. The van der Waals surface area contributed by atoms with Gasteiger partial charge in [0, 0.05) is 31.7 Å². The van der Waals surface area contributed by atoms with Gasteiger partial charge in [-0.05, 0) is 53.6 Å². The van der Waals surface area contributed by atoms with Gasteiger partial charge in [-0.25, -0.2) is 0 Å². The third-order valence-electron chi connectivity index (χ3n) is 4.01. The van der Waals surface area contributed by atoms with Gasteiger partial charge in [0.15, 0.2) is 0 Å². The molecule has 1 fully saturated rings. The first-order valence-electron chi connectivity index (χ1n) is 8.32. The van der Waals surface area contributed by atoms with Gasteiger partial charge in [0.05, 0.1) is 6.04 Å². The zero-order valence-electron chi connectivity index (χ0n) is 14.3. The highest BCUT2D eigenvalue weighted by molar-refractivity contribution is 5.81. The van der Waals surface area contributed by atoms with Crippen molar-refractivity contribution in [1.82, 2.24) is 15.1 Å². The van der Waals surface area contributed by atoms with Gasteiger partial charge in [-0.15, -0.1) is 0 Å². The maximum Gasteiger partial charge on any atom is 0.237 e. The van der Waals surface area contributed by atoms with Crippen LogP contribution in [0.2, 0.25) is 0 Å². The monoisotopic (exact) mass is 298 g/mol. The average molecular weight is 298 g/mol. The summed E-state index contributed by atoms with van der Waals surface area (Å²) < 4.78 is 0. The highest BCUT2D eigenvalue weighted by atomic mass is 16.2. The van der Waals surface area contributed by atoms with E-state index in [9.17, 15) is 4.79 Å². The van der Waals surface area contributed by atoms with Crippen LogP contribution in [0, 0.1) is 0 Å². The van der Waals surface area contributed by atoms with E-state index in [2.05, 4.69) is 15.1 Å². The number of nitrogens with two attached hydrogens (primary N) is 1. The lowest BCUT2D eigenvalue weighted by Crippen LogP contribution is -2.56. The third-order valence-corrected chi connectivity index (χ3v) is 4.01. The van der Waals surface area contributed by atoms with Gasteiger partial charge in [-0.3, -0.25) is 9.69 Å². The minimum absolute atomic E-state index is 0.0383. The Morgan fingerprint density at radius 3 is 2.29 bits per heavy atom. The Labute approximate surface area is 130 Å². The maximum atomic E-state index is 12.2. The van der Waals surface area contributed by atoms with Crippen LogP contribution in [0.1, 0.15) is 47.0 Å². The van der Waals surface area contributed by atoms with Crippen LogP contribution in [0.15, 0.2) is 0 Å². The van der Waals surface area contributed by atoms with E-state index in [4.69, 9.17) is 5.73 Å². The molecule has 1 saturated heterocycles. The highest BCUT2D eigenvalue weighted by Crippen LogP contribution is 2.09. The quantitative estimate of drug-likeness (QED) is 0.689. The summed E-state index contributed by atoms with van der Waals surface area (Å²) in [6.07, 6.45) is 3.59. The number of carbonyl (C=O) groups excluding carboxylic acids is 1. The fourth-order valence-electron chi connectivity index (χ4n) is 2.67. The molecule has 5 heteroatoms. The third kappa shape index (κ3) is 7.25. The molecule has 0 aromatic heterocycles. The van der Waals surface area contributed by atoms with Crippen LogP contribution in [0.4, 0.5) is 0 Å². The Kier molecular flexibility index (Phi) is 7.63. The summed E-state index contributed by atoms with van der Waals surface area (Å²) in [4.78, 5) is 17.0. The van der Waals surface area contributed by atoms with Crippen molar-refractivity contribution < 1.29 is 4.79 Å². The van der Waals surface area contributed by atoms with E-state index in [1.165, 1.54) is 12.8 Å². The van der Waals surface area contributed by atoms with E-state index < -0.39 is 0 Å². The molecule has 0 spiro atoms. The summed E-state index contributed by atoms with van der Waals surface area (Å²) in [6, 6.07) is -0.0383. The molecule has 1 aliphatic rings. The molecular formula is C16H34N4O. The molecule has 1 aliphatic heterocycles. The molecule has 1 heterocycles. The number of piperazine rings is 1. The van der Waals surface area contributed by atoms with Crippen LogP contribution in [-0.4, -0.2) is 66.6 Å². The SMILES string of the molecule is CC(C(=O)NC(C)(C)C)N1CCN(CCCCCN)CC1. The summed E-state index contributed by atoms with van der Waals surface area (Å²) in [7, 11) is 0. The smallest absolute Gasteiger partial charge is 0.237 e. The zero-order chi connectivity index (χ0) is 15.9. The second-order valence-electron chi connectivity index (χ2n) is 7.14. The van der Waals surface area contributed by atoms with E-state index in [0.717, 1.165) is 45.7 Å². The van der Waals surface area contributed by atoms with Gasteiger partial charge >= 0.3 is 0 Å². The van der Waals surface area contributed by atoms with Crippen LogP contribution >= 0.6 is 0 Å². The highest BCUT2D eigenvalue weighted by Gasteiger charge is 2.27. The topological polar surface area (TPSA) is 61.6 Å². The Hall–Kier alpha value is -0.650. The number of nitrogens with one attached hydrogen (secondary N) is 1. The van der Waals surface area contributed by atoms with Gasteiger partial charge in [0.2, 0.25) is 5.91 Å². The molecule has 1 unspecified atom stereocenters. The van der Waals surface area contributed by atoms with E-state index >= 15 is 0 Å². The molecule has 1 amide bonds. The van der Waals surface area contributed by atoms with Gasteiger partial charge < -0.3 is 16.0 Å². The molecule has 0 bridgehead atoms. The molecule has 1 atom stereocenters. The number of rotatable bonds is 7. The van der Waals surface area contributed by atoms with Crippen molar-refractivity contribution in [3.63, 3.8) is 0 Å². The first kappa shape index (κ1) is 18.4. The second-order valence-corrected chi connectivity index (χ2v) is 7.14. The molecule has 124 valence electrons. The first-order valence-corrected chi connectivity index (χ1v) is 8.32. The zero-order valence-corrected chi connectivity index (χ0v) is 14.3. The summed E-state index contributed by atoms with van der Waals surface area (Å²) in [5.74, 6) is 0.138. The fraction of sp³-hybridized carbons (Fsp3) is 0.938. The molecule has 3 N–H and O–H groups in total. The normalized spacial score (nSPS) is 19.5. The fourth-order valence-corrected chi connectivity index (χ4v) is 2.67. The summed E-state index contributed by atoms with van der Waals surface area (Å²) in [5.41, 5.74) is 5.36. The van der Waals surface area contributed by atoms with Gasteiger partial charge in [0.25, 0.3) is 0 Å². The van der Waals surface area contributed by atoms with Crippen molar-refractivity contribution >= 4 is 5.91 Å². The van der Waals surface area contributed by atoms with Crippen LogP contribution in [0.5, 0.6) is 0 Å². The van der Waals surface area contributed by atoms with Crippen molar-refractivity contribution in [2.24, 2.45) is 5.73 Å². The molecule has 0 aliphatic carbocycles. The summed E-state index contributed by atoms with van der Waals surface area (Å²) >= 11 is 0. The standard InChI is InChI=1S/C16H34N4O/c1-14(15(21)18-16(2,3)4)20-12-10-19(11-13-20)9-7-5-6-8-17/h14H,5-13,17H2,1-4H3,(H,18,21). The van der Waals surface area contributed by atoms with Gasteiger partial charge in [-0.2, -0.15) is 0 Å². The first-order chi connectivity index (χ1) is 9.83. The number of amides is 1. The predicted octanol–water partition coefficient (Wildman–Crippen LogP) is 1.04. The van der Waals surface area contributed by atoms with Crippen molar-refractivity contribution in [3.8, 4) is 0 Å². The van der Waals surface area contributed by atoms with E-state index in [0.29, 0.717) is 0 Å². The summed E-state index contributed by atoms with van der Waals surface area (Å²) in [6.45, 7) is 14.1. The molecule has 5 nitrogen and oxygen atoms in total. The van der Waals surface area contributed by atoms with E-state index in [1.807, 2.05) is 27.7 Å². The molecule has 0 aromatic rings. The van der Waals surface area contributed by atoms with Crippen molar-refractivity contribution in [2.45, 2.75) is 58.5 Å². The minimum atomic E-state index is -0.157. The Bertz CT molecular complexity index is 306. The van der Waals surface area contributed by atoms with Crippen LogP contribution < -0.4 is 11.1 Å². The second kappa shape index (κ2) is 8.71. The number of carbonyl (C=O) groups is 1. The Morgan fingerprint density at radius 1 is 1.14 bits per heavy atom. The van der Waals surface area contributed by atoms with Crippen LogP contribution in [0.25, 0.3) is 0 Å². The molecular weight excluding hydrogens is 264 g/mol. The van der Waals surface area contributed by atoms with Crippen molar-refractivity contribution in [2.75, 3.05) is 39.3 Å². The average Bonchev–Trinajstić information content (AvgIpc) is 2.41. The maximum absolute atomic E-state index is 12.2. The lowest BCUT2D eigenvalue weighted by Gasteiger charge is -2.38. The molecule has 0 saturated carbocycles. The lowest BCUT2D eigenvalue weighted by atomic mass is 10.1. The van der Waals surface area contributed by atoms with Crippen LogP contribution in [0.3, 0.4) is 0 Å². The van der Waals surface area contributed by atoms with Gasteiger partial charge in [0.1, 0.15) is 0 Å². The molecule has 0 aromatic carbocycles. The molecule has 21 heavy (non-hydrogen) atoms. The predicted molar refractivity (Wildman–Crippen MR) is 88.3 cm³/mol. The number of nitrogens with zero attached hydrogens (tertiary/aromatic N) is 2. The lowest BCUT2D eigenvalue weighted by molar-refractivity contribution is -0.128. The number of hydrogen-bond donors (Lipinski definition) is 2. The van der Waals surface area contributed by atoms with Crippen LogP contribution in [-0.2, 0) is 4.79 Å². The van der Waals surface area contributed by atoms with Gasteiger partial charge in [-0.1, -0.05) is 6.42 Å². The number of unbranched alkanes of at least 4 members (excludes halogenated alkanes) is 2. The number of hydrogen-bond acceptors (Lipinski definition) is 4.